The largest absolute Gasteiger partial charge is 0.513 e. The number of amides is 1. The lowest BCUT2D eigenvalue weighted by molar-refractivity contribution is -0.274. The average molecular weight is 598 g/mol. The lowest BCUT2D eigenvalue weighted by Gasteiger charge is -2.38. The summed E-state index contributed by atoms with van der Waals surface area (Å²) < 4.78 is 58.9. The van der Waals surface area contributed by atoms with Crippen LogP contribution < -0.4 is 14.4 Å². The van der Waals surface area contributed by atoms with Crippen molar-refractivity contribution in [2.45, 2.75) is 31.5 Å². The number of rotatable bonds is 6. The standard InChI is InChI=1S/C28H24Cl2F3NO6/c1-4-38-26(36)40-24-12-17(6-9-20(24)29)16-5-8-19(21(30)11-16)15(2)27(37,28(31,32)33)18-7-10-23-22(13-18)34(3)25(35)14-39-23/h5-13,15,37H,4,14H2,1-3H3. The Morgan fingerprint density at radius 1 is 1.07 bits per heavy atom. The van der Waals surface area contributed by atoms with Gasteiger partial charge < -0.3 is 24.2 Å². The maximum Gasteiger partial charge on any atom is 0.513 e. The maximum atomic E-state index is 14.6. The Labute approximate surface area is 238 Å². The fourth-order valence-electron chi connectivity index (χ4n) is 4.45. The summed E-state index contributed by atoms with van der Waals surface area (Å²) in [7, 11) is 1.42. The van der Waals surface area contributed by atoms with Crippen molar-refractivity contribution >= 4 is 41.0 Å². The van der Waals surface area contributed by atoms with Crippen molar-refractivity contribution in [2.24, 2.45) is 0 Å². The predicted molar refractivity (Wildman–Crippen MR) is 143 cm³/mol. The Morgan fingerprint density at radius 2 is 1.75 bits per heavy atom. The van der Waals surface area contributed by atoms with E-state index in [1.165, 1.54) is 55.3 Å². The van der Waals surface area contributed by atoms with Gasteiger partial charge in [0.05, 0.1) is 17.3 Å². The van der Waals surface area contributed by atoms with Gasteiger partial charge in [-0.15, -0.1) is 0 Å². The molecule has 3 aromatic carbocycles. The number of anilines is 1. The third-order valence-corrected chi connectivity index (χ3v) is 7.37. The van der Waals surface area contributed by atoms with Gasteiger partial charge in [-0.3, -0.25) is 4.79 Å². The zero-order chi connectivity index (χ0) is 29.4. The van der Waals surface area contributed by atoms with Crippen molar-refractivity contribution in [3.05, 3.63) is 75.8 Å². The van der Waals surface area contributed by atoms with E-state index in [1.54, 1.807) is 13.0 Å². The molecule has 7 nitrogen and oxygen atoms in total. The molecule has 1 heterocycles. The van der Waals surface area contributed by atoms with Gasteiger partial charge >= 0.3 is 12.3 Å². The number of nitrogens with zero attached hydrogens (tertiary/aromatic N) is 1. The minimum Gasteiger partial charge on any atom is -0.482 e. The van der Waals surface area contributed by atoms with Crippen molar-refractivity contribution in [1.82, 2.24) is 0 Å². The molecule has 0 radical (unpaired) electrons. The number of hydrogen-bond acceptors (Lipinski definition) is 6. The van der Waals surface area contributed by atoms with E-state index in [0.29, 0.717) is 11.1 Å². The molecular formula is C28H24Cl2F3NO6. The molecule has 1 aliphatic heterocycles. The molecule has 0 saturated carbocycles. The number of carbonyl (C=O) groups is 2. The van der Waals surface area contributed by atoms with Crippen LogP contribution in [0.4, 0.5) is 23.7 Å². The molecule has 12 heteroatoms. The fraction of sp³-hybridized carbons (Fsp3) is 0.286. The van der Waals surface area contributed by atoms with Gasteiger partial charge in [-0.2, -0.15) is 13.2 Å². The molecule has 0 saturated heterocycles. The Bertz CT molecular complexity index is 1460. The topological polar surface area (TPSA) is 85.3 Å². The van der Waals surface area contributed by atoms with Crippen LogP contribution in [0.15, 0.2) is 54.6 Å². The molecule has 4 rings (SSSR count). The van der Waals surface area contributed by atoms with E-state index in [4.69, 9.17) is 37.4 Å². The fourth-order valence-corrected chi connectivity index (χ4v) is 4.95. The molecule has 0 bridgehead atoms. The van der Waals surface area contributed by atoms with Gasteiger partial charge in [-0.05, 0) is 59.5 Å². The summed E-state index contributed by atoms with van der Waals surface area (Å²) in [5.74, 6) is -1.76. The Kier molecular flexibility index (Phi) is 8.26. The number of hydrogen-bond donors (Lipinski definition) is 1. The first-order chi connectivity index (χ1) is 18.8. The summed E-state index contributed by atoms with van der Waals surface area (Å²) in [5.41, 5.74) is -2.70. The van der Waals surface area contributed by atoms with Crippen LogP contribution in [0.1, 0.15) is 30.9 Å². The summed E-state index contributed by atoms with van der Waals surface area (Å²) in [5, 5.41) is 11.4. The van der Waals surface area contributed by atoms with Crippen LogP contribution in [0.2, 0.25) is 10.0 Å². The van der Waals surface area contributed by atoms with Crippen LogP contribution in [0.3, 0.4) is 0 Å². The zero-order valence-electron chi connectivity index (χ0n) is 21.5. The van der Waals surface area contributed by atoms with Crippen molar-refractivity contribution in [1.29, 1.82) is 0 Å². The van der Waals surface area contributed by atoms with E-state index >= 15 is 0 Å². The molecular weight excluding hydrogens is 574 g/mol. The van der Waals surface area contributed by atoms with Crippen LogP contribution >= 0.6 is 23.2 Å². The second-order valence-electron chi connectivity index (χ2n) is 9.08. The minimum absolute atomic E-state index is 0.0254. The highest BCUT2D eigenvalue weighted by Gasteiger charge is 2.59. The first-order valence-corrected chi connectivity index (χ1v) is 12.8. The molecule has 212 valence electrons. The SMILES string of the molecule is CCOC(=O)Oc1cc(-c2ccc(C(C)C(O)(c3ccc4c(c3)N(C)C(=O)CO4)C(F)(F)F)c(Cl)c2)ccc1Cl. The number of halogens is 5. The lowest BCUT2D eigenvalue weighted by atomic mass is 9.77. The quantitative estimate of drug-likeness (QED) is 0.241. The van der Waals surface area contributed by atoms with Crippen LogP contribution in [-0.2, 0) is 15.1 Å². The zero-order valence-corrected chi connectivity index (χ0v) is 23.0. The van der Waals surface area contributed by atoms with E-state index in [-0.39, 0.29) is 46.0 Å². The second-order valence-corrected chi connectivity index (χ2v) is 9.89. The van der Waals surface area contributed by atoms with Gasteiger partial charge in [-0.25, -0.2) is 4.79 Å². The Morgan fingerprint density at radius 3 is 2.40 bits per heavy atom. The molecule has 2 unspecified atom stereocenters. The Balaban J connectivity index is 1.72. The molecule has 0 aromatic heterocycles. The van der Waals surface area contributed by atoms with E-state index in [2.05, 4.69) is 0 Å². The predicted octanol–water partition coefficient (Wildman–Crippen LogP) is 7.10. The van der Waals surface area contributed by atoms with Gasteiger partial charge in [0.1, 0.15) is 5.75 Å². The van der Waals surface area contributed by atoms with Crippen molar-refractivity contribution in [3.8, 4) is 22.6 Å². The van der Waals surface area contributed by atoms with Gasteiger partial charge in [-0.1, -0.05) is 54.4 Å². The molecule has 0 fully saturated rings. The number of alkyl halides is 3. The number of carbonyl (C=O) groups excluding carboxylic acids is 2. The smallest absolute Gasteiger partial charge is 0.482 e. The summed E-state index contributed by atoms with van der Waals surface area (Å²) >= 11 is 12.6. The van der Waals surface area contributed by atoms with Gasteiger partial charge in [0.15, 0.2) is 18.0 Å². The summed E-state index contributed by atoms with van der Waals surface area (Å²) in [6.07, 6.45) is -6.06. The lowest BCUT2D eigenvalue weighted by Crippen LogP contribution is -2.47. The van der Waals surface area contributed by atoms with E-state index in [0.717, 1.165) is 12.1 Å². The molecule has 1 aliphatic rings. The van der Waals surface area contributed by atoms with Gasteiger partial charge in [0, 0.05) is 18.0 Å². The summed E-state index contributed by atoms with van der Waals surface area (Å²) in [4.78, 5) is 24.9. The highest BCUT2D eigenvalue weighted by molar-refractivity contribution is 6.32. The highest BCUT2D eigenvalue weighted by atomic mass is 35.5. The third-order valence-electron chi connectivity index (χ3n) is 6.73. The van der Waals surface area contributed by atoms with Crippen LogP contribution in [0.5, 0.6) is 11.5 Å². The van der Waals surface area contributed by atoms with Crippen LogP contribution in [0, 0.1) is 0 Å². The van der Waals surface area contributed by atoms with Gasteiger partial charge in [0.25, 0.3) is 5.91 Å². The molecule has 1 N–H and O–H groups in total. The first kappa shape index (κ1) is 29.5. The third kappa shape index (κ3) is 5.43. The highest BCUT2D eigenvalue weighted by Crippen LogP contribution is 2.51. The maximum absolute atomic E-state index is 14.6. The number of ether oxygens (including phenoxy) is 3. The summed E-state index contributed by atoms with van der Waals surface area (Å²) in [6.45, 7) is 2.69. The number of benzene rings is 3. The molecule has 3 aromatic rings. The normalized spacial score (nSPS) is 15.5. The molecule has 0 spiro atoms. The van der Waals surface area contributed by atoms with Crippen molar-refractivity contribution in [3.63, 3.8) is 0 Å². The average Bonchev–Trinajstić information content (AvgIpc) is 2.90. The van der Waals surface area contributed by atoms with Gasteiger partial charge in [0.2, 0.25) is 0 Å². The van der Waals surface area contributed by atoms with E-state index in [9.17, 15) is 27.9 Å². The minimum atomic E-state index is -5.11. The van der Waals surface area contributed by atoms with Crippen molar-refractivity contribution < 1.29 is 42.1 Å². The molecule has 1 amide bonds. The second kappa shape index (κ2) is 11.2. The van der Waals surface area contributed by atoms with E-state index in [1.807, 2.05) is 0 Å². The molecule has 2 atom stereocenters. The van der Waals surface area contributed by atoms with Crippen LogP contribution in [-0.4, -0.2) is 43.6 Å². The monoisotopic (exact) mass is 597 g/mol. The van der Waals surface area contributed by atoms with Crippen molar-refractivity contribution in [2.75, 3.05) is 25.2 Å². The molecule has 0 aliphatic carbocycles. The van der Waals surface area contributed by atoms with E-state index < -0.39 is 35.3 Å². The van der Waals surface area contributed by atoms with Crippen LogP contribution in [0.25, 0.3) is 11.1 Å². The first-order valence-electron chi connectivity index (χ1n) is 12.0. The number of aliphatic hydroxyl groups is 1. The number of likely N-dealkylation sites (N-methyl/N-ethyl adjacent to an activating group) is 1. The summed E-state index contributed by atoms with van der Waals surface area (Å²) in [6, 6.07) is 12.4. The Hall–Kier alpha value is -3.47. The number of fused-ring (bicyclic) bond motifs is 1. The molecule has 40 heavy (non-hydrogen) atoms.